The summed E-state index contributed by atoms with van der Waals surface area (Å²) in [6.45, 7) is 10.1. The highest BCUT2D eigenvalue weighted by molar-refractivity contribution is 14.0. The SMILES string of the molecule is CCNC(=NCc1ccc(-n2cncn2)cc1)NCCOCCC(C)C.I. The first-order valence-electron chi connectivity index (χ1n) is 9.23. The fraction of sp³-hybridized carbons (Fsp3) is 0.526. The standard InChI is InChI=1S/C19H30N6O.HI/c1-4-21-19(22-10-12-26-11-9-16(2)3)23-13-17-5-7-18(8-6-17)25-15-20-14-24-25;/h5-8,14-16H,4,9-13H2,1-3H3,(H2,21,22,23);1H. The second-order valence-corrected chi connectivity index (χ2v) is 6.42. The Morgan fingerprint density at radius 3 is 2.59 bits per heavy atom. The van der Waals surface area contributed by atoms with Crippen molar-refractivity contribution >= 4 is 29.9 Å². The van der Waals surface area contributed by atoms with Gasteiger partial charge in [-0.25, -0.2) is 14.7 Å². The van der Waals surface area contributed by atoms with Gasteiger partial charge < -0.3 is 15.4 Å². The first kappa shape index (κ1) is 23.4. The zero-order valence-corrected chi connectivity index (χ0v) is 18.7. The maximum atomic E-state index is 5.63. The van der Waals surface area contributed by atoms with Crippen LogP contribution in [0.15, 0.2) is 41.9 Å². The number of benzene rings is 1. The third-order valence-corrected chi connectivity index (χ3v) is 3.76. The van der Waals surface area contributed by atoms with Crippen LogP contribution in [0.4, 0.5) is 0 Å². The number of rotatable bonds is 10. The quantitative estimate of drug-likeness (QED) is 0.234. The molecule has 2 rings (SSSR count). The van der Waals surface area contributed by atoms with Crippen molar-refractivity contribution < 1.29 is 4.74 Å². The van der Waals surface area contributed by atoms with Gasteiger partial charge in [-0.15, -0.1) is 24.0 Å². The zero-order valence-electron chi connectivity index (χ0n) is 16.4. The average molecular weight is 486 g/mol. The topological polar surface area (TPSA) is 76.4 Å². The minimum atomic E-state index is 0. The molecule has 1 heterocycles. The van der Waals surface area contributed by atoms with Gasteiger partial charge in [0.1, 0.15) is 12.7 Å². The molecule has 0 unspecified atom stereocenters. The molecule has 0 fully saturated rings. The van der Waals surface area contributed by atoms with Gasteiger partial charge in [0.15, 0.2) is 5.96 Å². The first-order valence-corrected chi connectivity index (χ1v) is 9.23. The van der Waals surface area contributed by atoms with E-state index in [9.17, 15) is 0 Å². The number of nitrogens with one attached hydrogen (secondary N) is 2. The van der Waals surface area contributed by atoms with Gasteiger partial charge in [0.25, 0.3) is 0 Å². The minimum Gasteiger partial charge on any atom is -0.380 e. The number of aromatic nitrogens is 3. The van der Waals surface area contributed by atoms with Gasteiger partial charge in [-0.05, 0) is 37.0 Å². The van der Waals surface area contributed by atoms with Gasteiger partial charge in [0.2, 0.25) is 0 Å². The molecule has 1 aromatic heterocycles. The Labute approximate surface area is 179 Å². The van der Waals surface area contributed by atoms with E-state index in [0.29, 0.717) is 19.1 Å². The van der Waals surface area contributed by atoms with Gasteiger partial charge in [0.05, 0.1) is 18.8 Å². The van der Waals surface area contributed by atoms with Crippen LogP contribution in [0.5, 0.6) is 0 Å². The fourth-order valence-electron chi connectivity index (χ4n) is 2.27. The van der Waals surface area contributed by atoms with E-state index in [1.54, 1.807) is 11.0 Å². The highest BCUT2D eigenvalue weighted by Crippen LogP contribution is 2.08. The van der Waals surface area contributed by atoms with Crippen molar-refractivity contribution in [2.45, 2.75) is 33.7 Å². The summed E-state index contributed by atoms with van der Waals surface area (Å²) in [4.78, 5) is 8.59. The molecule has 0 spiro atoms. The predicted molar refractivity (Wildman–Crippen MR) is 120 cm³/mol. The number of hydrogen-bond donors (Lipinski definition) is 2. The van der Waals surface area contributed by atoms with Crippen molar-refractivity contribution in [1.82, 2.24) is 25.4 Å². The van der Waals surface area contributed by atoms with E-state index >= 15 is 0 Å². The second kappa shape index (κ2) is 13.5. The van der Waals surface area contributed by atoms with Crippen LogP contribution in [-0.2, 0) is 11.3 Å². The third kappa shape index (κ3) is 9.18. The normalized spacial score (nSPS) is 11.3. The van der Waals surface area contributed by atoms with Crippen LogP contribution in [0.25, 0.3) is 5.69 Å². The van der Waals surface area contributed by atoms with Crippen molar-refractivity contribution in [2.75, 3.05) is 26.3 Å². The van der Waals surface area contributed by atoms with E-state index in [2.05, 4.69) is 58.6 Å². The molecule has 0 saturated carbocycles. The Bertz CT molecular complexity index is 643. The van der Waals surface area contributed by atoms with Crippen LogP contribution in [0.2, 0.25) is 0 Å². The summed E-state index contributed by atoms with van der Waals surface area (Å²) >= 11 is 0. The van der Waals surface area contributed by atoms with Crippen LogP contribution in [0, 0.1) is 5.92 Å². The highest BCUT2D eigenvalue weighted by atomic mass is 127. The first-order chi connectivity index (χ1) is 12.7. The monoisotopic (exact) mass is 486 g/mol. The molecule has 0 aliphatic carbocycles. The van der Waals surface area contributed by atoms with Crippen LogP contribution >= 0.6 is 24.0 Å². The number of hydrogen-bond acceptors (Lipinski definition) is 4. The zero-order chi connectivity index (χ0) is 18.6. The lowest BCUT2D eigenvalue weighted by molar-refractivity contribution is 0.128. The molecule has 7 nitrogen and oxygen atoms in total. The Balaban J connectivity index is 0.00000364. The molecule has 0 saturated heterocycles. The summed E-state index contributed by atoms with van der Waals surface area (Å²) < 4.78 is 7.36. The van der Waals surface area contributed by atoms with Crippen LogP contribution in [0.3, 0.4) is 0 Å². The van der Waals surface area contributed by atoms with Gasteiger partial charge in [-0.1, -0.05) is 26.0 Å². The summed E-state index contributed by atoms with van der Waals surface area (Å²) in [6.07, 6.45) is 4.31. The van der Waals surface area contributed by atoms with Gasteiger partial charge in [-0.2, -0.15) is 5.10 Å². The Morgan fingerprint density at radius 1 is 1.19 bits per heavy atom. The largest absolute Gasteiger partial charge is 0.380 e. The van der Waals surface area contributed by atoms with E-state index in [1.807, 2.05) is 12.1 Å². The highest BCUT2D eigenvalue weighted by Gasteiger charge is 2.00. The summed E-state index contributed by atoms with van der Waals surface area (Å²) in [5.41, 5.74) is 2.12. The fourth-order valence-corrected chi connectivity index (χ4v) is 2.27. The van der Waals surface area contributed by atoms with Crippen molar-refractivity contribution in [3.05, 3.63) is 42.5 Å². The third-order valence-electron chi connectivity index (χ3n) is 3.76. The molecule has 8 heteroatoms. The Kier molecular flexibility index (Phi) is 11.7. The lowest BCUT2D eigenvalue weighted by Gasteiger charge is -2.12. The smallest absolute Gasteiger partial charge is 0.191 e. The van der Waals surface area contributed by atoms with E-state index in [0.717, 1.165) is 43.3 Å². The van der Waals surface area contributed by atoms with Crippen LogP contribution in [0.1, 0.15) is 32.8 Å². The predicted octanol–water partition coefficient (Wildman–Crippen LogP) is 3.00. The number of ether oxygens (including phenoxy) is 1. The molecule has 27 heavy (non-hydrogen) atoms. The lowest BCUT2D eigenvalue weighted by atomic mass is 10.1. The molecule has 0 radical (unpaired) electrons. The molecule has 2 aromatic rings. The molecular weight excluding hydrogens is 455 g/mol. The van der Waals surface area contributed by atoms with Crippen LogP contribution < -0.4 is 10.6 Å². The molecular formula is C19H31IN6O. The van der Waals surface area contributed by atoms with Crippen molar-refractivity contribution in [1.29, 1.82) is 0 Å². The molecule has 0 atom stereocenters. The second-order valence-electron chi connectivity index (χ2n) is 6.42. The molecule has 0 aliphatic heterocycles. The molecule has 1 aromatic carbocycles. The van der Waals surface area contributed by atoms with Crippen molar-refractivity contribution in [3.8, 4) is 5.69 Å². The maximum Gasteiger partial charge on any atom is 0.191 e. The molecule has 0 amide bonds. The summed E-state index contributed by atoms with van der Waals surface area (Å²) in [5, 5.41) is 10.7. The van der Waals surface area contributed by atoms with E-state index in [4.69, 9.17) is 4.74 Å². The van der Waals surface area contributed by atoms with Crippen molar-refractivity contribution in [3.63, 3.8) is 0 Å². The molecule has 150 valence electrons. The van der Waals surface area contributed by atoms with Gasteiger partial charge >= 0.3 is 0 Å². The number of nitrogens with zero attached hydrogens (tertiary/aromatic N) is 4. The number of guanidine groups is 1. The summed E-state index contributed by atoms with van der Waals surface area (Å²) in [7, 11) is 0. The van der Waals surface area contributed by atoms with Gasteiger partial charge in [0, 0.05) is 19.7 Å². The molecule has 2 N–H and O–H groups in total. The van der Waals surface area contributed by atoms with E-state index < -0.39 is 0 Å². The Morgan fingerprint density at radius 2 is 1.96 bits per heavy atom. The lowest BCUT2D eigenvalue weighted by Crippen LogP contribution is -2.39. The average Bonchev–Trinajstić information content (AvgIpc) is 3.17. The molecule has 0 aliphatic rings. The molecule has 0 bridgehead atoms. The maximum absolute atomic E-state index is 5.63. The van der Waals surface area contributed by atoms with E-state index in [-0.39, 0.29) is 24.0 Å². The summed E-state index contributed by atoms with van der Waals surface area (Å²) in [6, 6.07) is 8.14. The number of aliphatic imine (C=N–C) groups is 1. The van der Waals surface area contributed by atoms with Crippen molar-refractivity contribution in [2.24, 2.45) is 10.9 Å². The van der Waals surface area contributed by atoms with Gasteiger partial charge in [-0.3, -0.25) is 0 Å². The Hall–Kier alpha value is -1.68. The number of halogens is 1. The minimum absolute atomic E-state index is 0. The van der Waals surface area contributed by atoms with Crippen LogP contribution in [-0.4, -0.2) is 47.0 Å². The van der Waals surface area contributed by atoms with E-state index in [1.165, 1.54) is 6.33 Å². The summed E-state index contributed by atoms with van der Waals surface area (Å²) in [5.74, 6) is 1.48.